The summed E-state index contributed by atoms with van der Waals surface area (Å²) in [5, 5.41) is 0. The number of hydrogen-bond donors (Lipinski definition) is 0. The van der Waals surface area contributed by atoms with Gasteiger partial charge in [-0.15, -0.1) is 0 Å². The largest absolute Gasteiger partial charge is 0.325 e. The van der Waals surface area contributed by atoms with Crippen LogP contribution in [0.4, 0.5) is 0 Å². The molecule has 4 nitrogen and oxygen atoms in total. The molecule has 0 radical (unpaired) electrons. The highest BCUT2D eigenvalue weighted by Crippen LogP contribution is 2.42. The van der Waals surface area contributed by atoms with E-state index in [0.717, 1.165) is 5.56 Å². The molecule has 20 heavy (non-hydrogen) atoms. The van der Waals surface area contributed by atoms with Crippen LogP contribution in [0.3, 0.4) is 0 Å². The lowest BCUT2D eigenvalue weighted by Gasteiger charge is -2.41. The Hall–Kier alpha value is -1.97. The Morgan fingerprint density at radius 2 is 2.05 bits per heavy atom. The molecule has 1 aromatic carbocycles. The third kappa shape index (κ3) is 1.79. The van der Waals surface area contributed by atoms with Crippen LogP contribution < -0.4 is 0 Å². The third-order valence-electron chi connectivity index (χ3n) is 4.47. The summed E-state index contributed by atoms with van der Waals surface area (Å²) < 4.78 is 0. The molecular weight excluding hydrogens is 254 g/mol. The summed E-state index contributed by atoms with van der Waals surface area (Å²) >= 11 is 0. The summed E-state index contributed by atoms with van der Waals surface area (Å²) in [7, 11) is 0. The molecule has 0 saturated carbocycles. The van der Waals surface area contributed by atoms with Crippen LogP contribution in [-0.4, -0.2) is 27.9 Å². The van der Waals surface area contributed by atoms with E-state index < -0.39 is 5.54 Å². The molecule has 1 saturated heterocycles. The molecule has 1 unspecified atom stereocenters. The van der Waals surface area contributed by atoms with Gasteiger partial charge in [-0.25, -0.2) is 0 Å². The number of rotatable bonds is 3. The summed E-state index contributed by atoms with van der Waals surface area (Å²) in [5.41, 5.74) is 0.838. The number of benzene rings is 1. The van der Waals surface area contributed by atoms with Gasteiger partial charge in [-0.1, -0.05) is 24.3 Å². The van der Waals surface area contributed by atoms with Crippen molar-refractivity contribution >= 4 is 17.5 Å². The van der Waals surface area contributed by atoms with Gasteiger partial charge in [0.15, 0.2) is 5.78 Å². The highest BCUT2D eigenvalue weighted by molar-refractivity contribution is 6.09. The minimum Gasteiger partial charge on any atom is -0.325 e. The van der Waals surface area contributed by atoms with E-state index in [1.54, 1.807) is 4.90 Å². The van der Waals surface area contributed by atoms with Gasteiger partial charge in [0.1, 0.15) is 11.3 Å². The van der Waals surface area contributed by atoms with Crippen LogP contribution >= 0.6 is 0 Å². The Kier molecular flexibility index (Phi) is 2.96. The number of nitrogens with zero attached hydrogens (tertiary/aromatic N) is 1. The minimum atomic E-state index is -0.781. The fourth-order valence-electron chi connectivity index (χ4n) is 3.35. The third-order valence-corrected chi connectivity index (χ3v) is 4.47. The zero-order chi connectivity index (χ0) is 14.3. The molecule has 2 aliphatic heterocycles. The second-order valence-corrected chi connectivity index (χ2v) is 5.70. The number of carbonyl (C=O) groups is 3. The zero-order valence-corrected chi connectivity index (χ0v) is 11.5. The Labute approximate surface area is 117 Å². The molecule has 104 valence electrons. The van der Waals surface area contributed by atoms with Gasteiger partial charge < -0.3 is 9.69 Å². The lowest BCUT2D eigenvalue weighted by atomic mass is 9.78. The number of fused-ring (bicyclic) bond motifs is 2. The highest BCUT2D eigenvalue weighted by atomic mass is 16.2. The van der Waals surface area contributed by atoms with Crippen LogP contribution in [0.15, 0.2) is 24.3 Å². The molecule has 1 amide bonds. The maximum Gasteiger partial charge on any atom is 0.223 e. The molecule has 0 N–H and O–H groups in total. The quantitative estimate of drug-likeness (QED) is 0.846. The SMILES string of the molecule is CC(=O)CCC12CCC(=O)N1Cc1ccccc1C2=O. The van der Waals surface area contributed by atoms with Gasteiger partial charge in [0, 0.05) is 24.9 Å². The fourth-order valence-corrected chi connectivity index (χ4v) is 3.35. The smallest absolute Gasteiger partial charge is 0.223 e. The Morgan fingerprint density at radius 1 is 1.30 bits per heavy atom. The van der Waals surface area contributed by atoms with Crippen LogP contribution in [0, 0.1) is 0 Å². The molecule has 3 rings (SSSR count). The molecule has 1 aromatic rings. The fraction of sp³-hybridized carbons (Fsp3) is 0.438. The van der Waals surface area contributed by atoms with Crippen molar-refractivity contribution in [1.82, 2.24) is 4.90 Å². The molecule has 0 bridgehead atoms. The van der Waals surface area contributed by atoms with Crippen LogP contribution in [0.1, 0.15) is 48.5 Å². The van der Waals surface area contributed by atoms with Crippen molar-refractivity contribution in [2.45, 2.75) is 44.7 Å². The van der Waals surface area contributed by atoms with Crippen molar-refractivity contribution in [3.8, 4) is 0 Å². The second-order valence-electron chi connectivity index (χ2n) is 5.70. The van der Waals surface area contributed by atoms with Crippen molar-refractivity contribution in [3.63, 3.8) is 0 Å². The molecule has 2 aliphatic rings. The van der Waals surface area contributed by atoms with Crippen LogP contribution in [0.2, 0.25) is 0 Å². The van der Waals surface area contributed by atoms with Crippen molar-refractivity contribution in [1.29, 1.82) is 0 Å². The molecule has 1 atom stereocenters. The van der Waals surface area contributed by atoms with Crippen molar-refractivity contribution in [3.05, 3.63) is 35.4 Å². The van der Waals surface area contributed by atoms with Crippen molar-refractivity contribution in [2.75, 3.05) is 0 Å². The monoisotopic (exact) mass is 271 g/mol. The van der Waals surface area contributed by atoms with Crippen molar-refractivity contribution in [2.24, 2.45) is 0 Å². The minimum absolute atomic E-state index is 0.00597. The van der Waals surface area contributed by atoms with Crippen LogP contribution in [0.5, 0.6) is 0 Å². The first-order valence-corrected chi connectivity index (χ1v) is 6.97. The topological polar surface area (TPSA) is 54.5 Å². The normalized spacial score (nSPS) is 24.6. The van der Waals surface area contributed by atoms with Gasteiger partial charge in [-0.2, -0.15) is 0 Å². The van der Waals surface area contributed by atoms with E-state index in [0.29, 0.717) is 37.8 Å². The number of carbonyl (C=O) groups excluding carboxylic acids is 3. The van der Waals surface area contributed by atoms with Gasteiger partial charge in [-0.05, 0) is 25.3 Å². The second kappa shape index (κ2) is 4.54. The van der Waals surface area contributed by atoms with Crippen LogP contribution in [0.25, 0.3) is 0 Å². The molecule has 0 aromatic heterocycles. The van der Waals surface area contributed by atoms with Crippen LogP contribution in [-0.2, 0) is 16.1 Å². The maximum absolute atomic E-state index is 12.9. The Balaban J connectivity index is 2.04. The average molecular weight is 271 g/mol. The summed E-state index contributed by atoms with van der Waals surface area (Å²) in [6.07, 6.45) is 1.73. The standard InChI is InChI=1S/C16H17NO3/c1-11(18)6-8-16-9-7-14(19)17(16)10-12-4-2-3-5-13(12)15(16)20/h2-5H,6-10H2,1H3. The molecule has 0 spiro atoms. The summed E-state index contributed by atoms with van der Waals surface area (Å²) in [4.78, 5) is 38.0. The van der Waals surface area contributed by atoms with Gasteiger partial charge in [0.05, 0.1) is 0 Å². The first kappa shape index (κ1) is 13.0. The van der Waals surface area contributed by atoms with Gasteiger partial charge in [-0.3, -0.25) is 9.59 Å². The summed E-state index contributed by atoms with van der Waals surface area (Å²) in [6, 6.07) is 7.46. The van der Waals surface area contributed by atoms with E-state index in [1.165, 1.54) is 6.92 Å². The molecule has 1 fully saturated rings. The number of Topliss-reactive ketones (excluding diaryl/α,β-unsaturated/α-hetero) is 2. The van der Waals surface area contributed by atoms with Gasteiger partial charge in [0.2, 0.25) is 5.91 Å². The molecular formula is C16H17NO3. The predicted molar refractivity (Wildman–Crippen MR) is 73.2 cm³/mol. The van der Waals surface area contributed by atoms with E-state index in [4.69, 9.17) is 0 Å². The van der Waals surface area contributed by atoms with Gasteiger partial charge in [0.25, 0.3) is 0 Å². The first-order chi connectivity index (χ1) is 9.54. The van der Waals surface area contributed by atoms with E-state index >= 15 is 0 Å². The Bertz CT molecular complexity index is 607. The Morgan fingerprint density at radius 3 is 2.80 bits per heavy atom. The molecule has 0 aliphatic carbocycles. The maximum atomic E-state index is 12.9. The first-order valence-electron chi connectivity index (χ1n) is 6.97. The lowest BCUT2D eigenvalue weighted by Crippen LogP contribution is -2.54. The number of ketones is 2. The number of hydrogen-bond acceptors (Lipinski definition) is 3. The van der Waals surface area contributed by atoms with E-state index in [2.05, 4.69) is 0 Å². The summed E-state index contributed by atoms with van der Waals surface area (Å²) in [6.45, 7) is 2.01. The van der Waals surface area contributed by atoms with E-state index in [1.807, 2.05) is 24.3 Å². The van der Waals surface area contributed by atoms with E-state index in [9.17, 15) is 14.4 Å². The molecule has 2 heterocycles. The number of amides is 1. The van der Waals surface area contributed by atoms with Gasteiger partial charge >= 0.3 is 0 Å². The average Bonchev–Trinajstić information content (AvgIpc) is 2.76. The highest BCUT2D eigenvalue weighted by Gasteiger charge is 2.53. The van der Waals surface area contributed by atoms with Crippen molar-refractivity contribution < 1.29 is 14.4 Å². The lowest BCUT2D eigenvalue weighted by molar-refractivity contribution is -0.132. The summed E-state index contributed by atoms with van der Waals surface area (Å²) in [5.74, 6) is 0.0909. The zero-order valence-electron chi connectivity index (χ0n) is 11.5. The predicted octanol–water partition coefficient (Wildman–Crippen LogP) is 2.11. The van der Waals surface area contributed by atoms with E-state index in [-0.39, 0.29) is 17.5 Å². The molecule has 4 heteroatoms.